The van der Waals surface area contributed by atoms with Gasteiger partial charge in [0.2, 0.25) is 0 Å². The van der Waals surface area contributed by atoms with E-state index in [1.54, 1.807) is 0 Å². The Morgan fingerprint density at radius 1 is 1.10 bits per heavy atom. The van der Waals surface area contributed by atoms with E-state index in [1.165, 1.54) is 18.4 Å². The van der Waals surface area contributed by atoms with Crippen molar-refractivity contribution in [3.63, 3.8) is 0 Å². The van der Waals surface area contributed by atoms with Crippen molar-refractivity contribution in [1.82, 2.24) is 0 Å². The molecule has 1 saturated carbocycles. The summed E-state index contributed by atoms with van der Waals surface area (Å²) in [6, 6.07) is 10.2. The van der Waals surface area contributed by atoms with E-state index in [0.717, 1.165) is 0 Å². The van der Waals surface area contributed by atoms with Crippen LogP contribution in [0.2, 0.25) is 0 Å². The molecule has 0 amide bonds. The van der Waals surface area contributed by atoms with Crippen LogP contribution in [0.15, 0.2) is 30.3 Å². The zero-order valence-corrected chi connectivity index (χ0v) is 12.5. The molecule has 0 unspecified atom stereocenters. The number of rotatable bonds is 4. The molecule has 0 aromatic heterocycles. The van der Waals surface area contributed by atoms with Crippen molar-refractivity contribution in [2.75, 3.05) is 0 Å². The zero-order valence-electron chi connectivity index (χ0n) is 12.5. The zero-order chi connectivity index (χ0) is 14.4. The lowest BCUT2D eigenvalue weighted by molar-refractivity contribution is -0.221. The van der Waals surface area contributed by atoms with Gasteiger partial charge in [0.25, 0.3) is 0 Å². The molecule has 114 valence electrons. The Labute approximate surface area is 125 Å². The quantitative estimate of drug-likeness (QED) is 0.854. The molecule has 4 atom stereocenters. The highest BCUT2D eigenvalue weighted by molar-refractivity contribution is 5.13. The Morgan fingerprint density at radius 2 is 1.86 bits per heavy atom. The van der Waals surface area contributed by atoms with E-state index in [9.17, 15) is 0 Å². The molecule has 0 N–H and O–H groups in total. The molecule has 0 spiro atoms. The Morgan fingerprint density at radius 3 is 2.57 bits per heavy atom. The highest BCUT2D eigenvalue weighted by atomic mass is 16.8. The third-order valence-corrected chi connectivity index (χ3v) is 4.40. The maximum atomic E-state index is 6.18. The lowest BCUT2D eigenvalue weighted by Crippen LogP contribution is -2.37. The van der Waals surface area contributed by atoms with Crippen molar-refractivity contribution in [1.29, 1.82) is 0 Å². The highest BCUT2D eigenvalue weighted by Crippen LogP contribution is 2.46. The van der Waals surface area contributed by atoms with Gasteiger partial charge in [-0.05, 0) is 38.2 Å². The second kappa shape index (κ2) is 5.06. The Hall–Kier alpha value is -0.940. The van der Waals surface area contributed by atoms with Crippen LogP contribution in [0.3, 0.4) is 0 Å². The van der Waals surface area contributed by atoms with Gasteiger partial charge in [0.1, 0.15) is 12.2 Å². The molecule has 21 heavy (non-hydrogen) atoms. The van der Waals surface area contributed by atoms with Crippen LogP contribution >= 0.6 is 0 Å². The molecule has 0 bridgehead atoms. The Bertz CT molecular complexity index is 497. The molecule has 3 aliphatic rings. The van der Waals surface area contributed by atoms with Gasteiger partial charge >= 0.3 is 0 Å². The topological polar surface area (TPSA) is 36.9 Å². The van der Waals surface area contributed by atoms with Crippen molar-refractivity contribution in [2.45, 2.75) is 63.7 Å². The molecular weight excluding hydrogens is 268 g/mol. The van der Waals surface area contributed by atoms with Gasteiger partial charge in [-0.3, -0.25) is 0 Å². The van der Waals surface area contributed by atoms with Crippen LogP contribution in [0.5, 0.6) is 0 Å². The van der Waals surface area contributed by atoms with E-state index in [2.05, 4.69) is 12.1 Å². The van der Waals surface area contributed by atoms with E-state index in [0.29, 0.717) is 12.5 Å². The number of fused-ring (bicyclic) bond motifs is 1. The van der Waals surface area contributed by atoms with Crippen LogP contribution < -0.4 is 0 Å². The molecule has 2 saturated heterocycles. The van der Waals surface area contributed by atoms with E-state index >= 15 is 0 Å². The maximum Gasteiger partial charge on any atom is 0.190 e. The van der Waals surface area contributed by atoms with Crippen LogP contribution in [0, 0.1) is 5.92 Å². The SMILES string of the molecule is CC1(C)O[C@H]2O[C@@H](C3CC3)[C@H](OCc3ccccc3)[C@H]2O1. The first-order chi connectivity index (χ1) is 10.1. The molecule has 4 nitrogen and oxygen atoms in total. The fourth-order valence-electron chi connectivity index (χ4n) is 3.26. The predicted molar refractivity (Wildman–Crippen MR) is 76.4 cm³/mol. The molecule has 0 radical (unpaired) electrons. The fraction of sp³-hybridized carbons (Fsp3) is 0.647. The van der Waals surface area contributed by atoms with Crippen molar-refractivity contribution in [3.8, 4) is 0 Å². The van der Waals surface area contributed by atoms with Gasteiger partial charge in [-0.2, -0.15) is 0 Å². The summed E-state index contributed by atoms with van der Waals surface area (Å²) in [7, 11) is 0. The minimum atomic E-state index is -0.585. The van der Waals surface area contributed by atoms with Crippen molar-refractivity contribution in [3.05, 3.63) is 35.9 Å². The number of ether oxygens (including phenoxy) is 4. The minimum Gasteiger partial charge on any atom is -0.368 e. The fourth-order valence-corrected chi connectivity index (χ4v) is 3.26. The van der Waals surface area contributed by atoms with Crippen LogP contribution in [0.1, 0.15) is 32.3 Å². The summed E-state index contributed by atoms with van der Waals surface area (Å²) in [5.41, 5.74) is 1.17. The largest absolute Gasteiger partial charge is 0.368 e. The van der Waals surface area contributed by atoms with Gasteiger partial charge in [0, 0.05) is 0 Å². The second-order valence-corrected chi connectivity index (χ2v) is 6.67. The van der Waals surface area contributed by atoms with Crippen molar-refractivity contribution in [2.24, 2.45) is 5.92 Å². The number of hydrogen-bond donors (Lipinski definition) is 0. The van der Waals surface area contributed by atoms with Gasteiger partial charge in [-0.25, -0.2) is 0 Å². The third-order valence-electron chi connectivity index (χ3n) is 4.40. The highest BCUT2D eigenvalue weighted by Gasteiger charge is 2.58. The Kier molecular flexibility index (Phi) is 3.30. The summed E-state index contributed by atoms with van der Waals surface area (Å²) in [5, 5.41) is 0. The average molecular weight is 290 g/mol. The summed E-state index contributed by atoms with van der Waals surface area (Å²) in [6.45, 7) is 4.44. The molecule has 4 rings (SSSR count). The van der Waals surface area contributed by atoms with E-state index in [-0.39, 0.29) is 24.6 Å². The normalized spacial score (nSPS) is 37.6. The average Bonchev–Trinajstić information content (AvgIpc) is 3.18. The minimum absolute atomic E-state index is 0.0375. The van der Waals surface area contributed by atoms with Crippen molar-refractivity contribution >= 4 is 0 Å². The Balaban J connectivity index is 1.47. The molecule has 3 fully saturated rings. The monoisotopic (exact) mass is 290 g/mol. The standard InChI is InChI=1S/C17H22O4/c1-17(2)20-15-14(18-10-11-6-4-3-5-7-11)13(12-8-9-12)19-16(15)21-17/h3-7,12-16H,8-10H2,1-2H3/t13-,14-,15+,16+/m0/s1. The molecule has 2 aliphatic heterocycles. The van der Waals surface area contributed by atoms with E-state index in [1.807, 2.05) is 32.0 Å². The molecule has 4 heteroatoms. The van der Waals surface area contributed by atoms with Gasteiger partial charge in [0.15, 0.2) is 12.1 Å². The summed E-state index contributed by atoms with van der Waals surface area (Å²) in [5.74, 6) is 0.0183. The first kappa shape index (κ1) is 13.7. The molecular formula is C17H22O4. The van der Waals surface area contributed by atoms with Crippen LogP contribution in [-0.2, 0) is 25.6 Å². The van der Waals surface area contributed by atoms with Gasteiger partial charge in [0.05, 0.1) is 12.7 Å². The van der Waals surface area contributed by atoms with Crippen LogP contribution in [0.25, 0.3) is 0 Å². The molecule has 1 aromatic carbocycles. The second-order valence-electron chi connectivity index (χ2n) is 6.67. The lowest BCUT2D eigenvalue weighted by Gasteiger charge is -2.26. The van der Waals surface area contributed by atoms with E-state index in [4.69, 9.17) is 18.9 Å². The maximum absolute atomic E-state index is 6.18. The summed E-state index contributed by atoms with van der Waals surface area (Å²) < 4.78 is 24.1. The van der Waals surface area contributed by atoms with Crippen molar-refractivity contribution < 1.29 is 18.9 Å². The van der Waals surface area contributed by atoms with Gasteiger partial charge in [-0.15, -0.1) is 0 Å². The molecule has 1 aliphatic carbocycles. The van der Waals surface area contributed by atoms with E-state index < -0.39 is 5.79 Å². The predicted octanol–water partition coefficient (Wildman–Crippen LogP) is 2.86. The number of hydrogen-bond acceptors (Lipinski definition) is 4. The third kappa shape index (κ3) is 2.73. The van der Waals surface area contributed by atoms with Gasteiger partial charge < -0.3 is 18.9 Å². The summed E-state index contributed by atoms with van der Waals surface area (Å²) in [4.78, 5) is 0. The smallest absolute Gasteiger partial charge is 0.190 e. The first-order valence-corrected chi connectivity index (χ1v) is 7.79. The number of benzene rings is 1. The molecule has 1 aromatic rings. The van der Waals surface area contributed by atoms with Crippen LogP contribution in [-0.4, -0.2) is 30.4 Å². The molecule has 2 heterocycles. The summed E-state index contributed by atoms with van der Waals surface area (Å²) >= 11 is 0. The summed E-state index contributed by atoms with van der Waals surface area (Å²) in [6.07, 6.45) is 2.11. The van der Waals surface area contributed by atoms with Gasteiger partial charge in [-0.1, -0.05) is 30.3 Å². The lowest BCUT2D eigenvalue weighted by atomic mass is 10.1. The van der Waals surface area contributed by atoms with Crippen LogP contribution in [0.4, 0.5) is 0 Å². The first-order valence-electron chi connectivity index (χ1n) is 7.79.